The van der Waals surface area contributed by atoms with Crippen molar-refractivity contribution in [1.29, 1.82) is 0 Å². The van der Waals surface area contributed by atoms with Gasteiger partial charge in [-0.3, -0.25) is 4.79 Å². The van der Waals surface area contributed by atoms with Crippen LogP contribution in [0.2, 0.25) is 0 Å². The normalized spacial score (nSPS) is 11.1. The average Bonchev–Trinajstić information content (AvgIpc) is 2.91. The van der Waals surface area contributed by atoms with Crippen molar-refractivity contribution in [3.8, 4) is 0 Å². The molecule has 1 heterocycles. The van der Waals surface area contributed by atoms with Crippen LogP contribution >= 0.6 is 0 Å². The average molecular weight is 346 g/mol. The number of hydrogen-bond acceptors (Lipinski definition) is 1. The van der Waals surface area contributed by atoms with Gasteiger partial charge in [0, 0.05) is 23.2 Å². The summed E-state index contributed by atoms with van der Waals surface area (Å²) in [6, 6.07) is 6.14. The number of amides is 1. The van der Waals surface area contributed by atoms with E-state index in [1.54, 1.807) is 6.07 Å². The summed E-state index contributed by atoms with van der Waals surface area (Å²) >= 11 is 0. The first-order chi connectivity index (χ1) is 11.9. The molecule has 25 heavy (non-hydrogen) atoms. The summed E-state index contributed by atoms with van der Waals surface area (Å²) in [7, 11) is 0. The van der Waals surface area contributed by atoms with E-state index in [9.17, 15) is 18.0 Å². The van der Waals surface area contributed by atoms with Crippen molar-refractivity contribution in [2.24, 2.45) is 0 Å². The molecule has 0 bridgehead atoms. The number of aromatic amines is 1. The van der Waals surface area contributed by atoms with Gasteiger partial charge in [0.05, 0.1) is 5.52 Å². The molecule has 1 aromatic heterocycles. The van der Waals surface area contributed by atoms with Gasteiger partial charge in [-0.15, -0.1) is 0 Å². The van der Waals surface area contributed by atoms with Crippen LogP contribution < -0.4 is 5.32 Å². The maximum atomic E-state index is 13.9. The van der Waals surface area contributed by atoms with Gasteiger partial charge in [-0.05, 0) is 55.7 Å². The second-order valence-corrected chi connectivity index (χ2v) is 5.98. The van der Waals surface area contributed by atoms with Crippen molar-refractivity contribution in [1.82, 2.24) is 10.3 Å². The Labute approximate surface area is 142 Å². The first kappa shape index (κ1) is 17.1. The highest BCUT2D eigenvalue weighted by Crippen LogP contribution is 2.27. The smallest absolute Gasteiger partial charge is 0.251 e. The van der Waals surface area contributed by atoms with E-state index in [0.29, 0.717) is 18.5 Å². The number of aryl methyl sites for hydroxylation is 2. The molecule has 3 rings (SSSR count). The number of H-pyrrole nitrogens is 1. The maximum Gasteiger partial charge on any atom is 0.251 e. The molecule has 0 aliphatic carbocycles. The lowest BCUT2D eigenvalue weighted by Crippen LogP contribution is -2.26. The van der Waals surface area contributed by atoms with Gasteiger partial charge in [-0.1, -0.05) is 6.07 Å². The fraction of sp³-hybridized carbons (Fsp3) is 0.211. The summed E-state index contributed by atoms with van der Waals surface area (Å²) in [6.45, 7) is 4.05. The number of aromatic nitrogens is 1. The lowest BCUT2D eigenvalue weighted by Gasteiger charge is -2.07. The van der Waals surface area contributed by atoms with Crippen LogP contribution in [-0.4, -0.2) is 17.4 Å². The van der Waals surface area contributed by atoms with E-state index in [4.69, 9.17) is 0 Å². The quantitative estimate of drug-likeness (QED) is 0.731. The Kier molecular flexibility index (Phi) is 4.53. The lowest BCUT2D eigenvalue weighted by atomic mass is 10.0. The van der Waals surface area contributed by atoms with Crippen LogP contribution in [0.25, 0.3) is 10.9 Å². The Balaban J connectivity index is 1.75. The molecule has 0 unspecified atom stereocenters. The second-order valence-electron chi connectivity index (χ2n) is 5.98. The Morgan fingerprint density at radius 3 is 2.48 bits per heavy atom. The number of halogens is 3. The number of hydrogen-bond donors (Lipinski definition) is 2. The molecule has 0 fully saturated rings. The molecule has 0 saturated carbocycles. The predicted molar refractivity (Wildman–Crippen MR) is 90.1 cm³/mol. The molecule has 0 saturated heterocycles. The summed E-state index contributed by atoms with van der Waals surface area (Å²) in [6.07, 6.45) is 0.492. The van der Waals surface area contributed by atoms with E-state index in [1.807, 2.05) is 13.8 Å². The summed E-state index contributed by atoms with van der Waals surface area (Å²) in [5.74, 6) is -2.87. The highest BCUT2D eigenvalue weighted by molar-refractivity contribution is 5.94. The number of nitrogens with one attached hydrogen (secondary N) is 2. The van der Waals surface area contributed by atoms with Crippen LogP contribution in [0.4, 0.5) is 13.2 Å². The second kappa shape index (κ2) is 6.63. The molecule has 3 nitrogen and oxygen atoms in total. The van der Waals surface area contributed by atoms with Crippen LogP contribution in [0.1, 0.15) is 27.2 Å². The van der Waals surface area contributed by atoms with Crippen molar-refractivity contribution < 1.29 is 18.0 Å². The van der Waals surface area contributed by atoms with E-state index in [1.165, 1.54) is 12.1 Å². The van der Waals surface area contributed by atoms with Crippen LogP contribution in [0, 0.1) is 31.3 Å². The third kappa shape index (κ3) is 3.24. The number of fused-ring (bicyclic) bond motifs is 1. The van der Waals surface area contributed by atoms with Gasteiger partial charge in [0.15, 0.2) is 11.6 Å². The third-order valence-corrected chi connectivity index (χ3v) is 4.27. The minimum absolute atomic E-state index is 0.0526. The summed E-state index contributed by atoms with van der Waals surface area (Å²) in [5.41, 5.74) is 3.22. The van der Waals surface area contributed by atoms with Gasteiger partial charge in [-0.25, -0.2) is 13.2 Å². The van der Waals surface area contributed by atoms with E-state index >= 15 is 0 Å². The molecular weight excluding hydrogens is 329 g/mol. The van der Waals surface area contributed by atoms with Gasteiger partial charge in [0.25, 0.3) is 5.91 Å². The molecule has 0 aliphatic rings. The van der Waals surface area contributed by atoms with Crippen molar-refractivity contribution in [2.75, 3.05) is 6.54 Å². The fourth-order valence-corrected chi connectivity index (χ4v) is 3.00. The molecule has 1 amide bonds. The zero-order chi connectivity index (χ0) is 18.1. The number of carbonyl (C=O) groups is 1. The number of benzene rings is 2. The Hall–Kier alpha value is -2.76. The van der Waals surface area contributed by atoms with E-state index in [2.05, 4.69) is 10.3 Å². The van der Waals surface area contributed by atoms with Crippen molar-refractivity contribution in [3.05, 3.63) is 70.2 Å². The summed E-state index contributed by atoms with van der Waals surface area (Å²) in [5, 5.41) is 3.49. The van der Waals surface area contributed by atoms with Crippen molar-refractivity contribution in [3.63, 3.8) is 0 Å². The summed E-state index contributed by atoms with van der Waals surface area (Å²) < 4.78 is 40.1. The lowest BCUT2D eigenvalue weighted by molar-refractivity contribution is 0.0953. The standard InChI is InChI=1S/C19H17F3N2O/c1-10-3-5-15(21)18-17(10)13(11(2)24-18)7-8-23-19(25)12-4-6-14(20)16(22)9-12/h3-6,9,24H,7-8H2,1-2H3,(H,23,25). The number of rotatable bonds is 4. The van der Waals surface area contributed by atoms with Gasteiger partial charge in [-0.2, -0.15) is 0 Å². The van der Waals surface area contributed by atoms with E-state index < -0.39 is 17.5 Å². The molecule has 2 N–H and O–H groups in total. The SMILES string of the molecule is Cc1[nH]c2c(F)ccc(C)c2c1CCNC(=O)c1ccc(F)c(F)c1. The molecule has 0 spiro atoms. The Bertz CT molecular complexity index is 963. The molecular formula is C19H17F3N2O. The first-order valence-corrected chi connectivity index (χ1v) is 7.88. The van der Waals surface area contributed by atoms with Crippen LogP contribution in [0.3, 0.4) is 0 Å². The molecule has 2 aromatic carbocycles. The zero-order valence-corrected chi connectivity index (χ0v) is 13.8. The molecule has 0 atom stereocenters. The number of carbonyl (C=O) groups excluding carboxylic acids is 1. The predicted octanol–water partition coefficient (Wildman–Crippen LogP) is 4.17. The third-order valence-electron chi connectivity index (χ3n) is 4.27. The monoisotopic (exact) mass is 346 g/mol. The minimum Gasteiger partial charge on any atom is -0.356 e. The van der Waals surface area contributed by atoms with Gasteiger partial charge in [0.2, 0.25) is 0 Å². The minimum atomic E-state index is -1.06. The molecule has 0 radical (unpaired) electrons. The summed E-state index contributed by atoms with van der Waals surface area (Å²) in [4.78, 5) is 15.1. The van der Waals surface area contributed by atoms with Crippen LogP contribution in [0.5, 0.6) is 0 Å². The molecule has 3 aromatic rings. The Morgan fingerprint density at radius 1 is 1.04 bits per heavy atom. The van der Waals surface area contributed by atoms with E-state index in [-0.39, 0.29) is 11.4 Å². The topological polar surface area (TPSA) is 44.9 Å². The fourth-order valence-electron chi connectivity index (χ4n) is 3.00. The Morgan fingerprint density at radius 2 is 1.76 bits per heavy atom. The highest BCUT2D eigenvalue weighted by Gasteiger charge is 2.15. The molecule has 6 heteroatoms. The van der Waals surface area contributed by atoms with Crippen LogP contribution in [-0.2, 0) is 6.42 Å². The van der Waals surface area contributed by atoms with Crippen LogP contribution in [0.15, 0.2) is 30.3 Å². The van der Waals surface area contributed by atoms with Crippen molar-refractivity contribution in [2.45, 2.75) is 20.3 Å². The van der Waals surface area contributed by atoms with Crippen molar-refractivity contribution >= 4 is 16.8 Å². The highest BCUT2D eigenvalue weighted by atomic mass is 19.2. The molecule has 130 valence electrons. The van der Waals surface area contributed by atoms with E-state index in [0.717, 1.165) is 34.3 Å². The largest absolute Gasteiger partial charge is 0.356 e. The van der Waals surface area contributed by atoms with Gasteiger partial charge in [0.1, 0.15) is 5.82 Å². The van der Waals surface area contributed by atoms with Gasteiger partial charge < -0.3 is 10.3 Å². The van der Waals surface area contributed by atoms with Gasteiger partial charge >= 0.3 is 0 Å². The zero-order valence-electron chi connectivity index (χ0n) is 13.8. The molecule has 0 aliphatic heterocycles. The first-order valence-electron chi connectivity index (χ1n) is 7.88. The maximum absolute atomic E-state index is 13.9.